The first-order valence-corrected chi connectivity index (χ1v) is 13.2. The van der Waals surface area contributed by atoms with Gasteiger partial charge in [0.25, 0.3) is 5.56 Å². The number of aromatic amines is 1. The molecule has 40 heavy (non-hydrogen) atoms. The first kappa shape index (κ1) is 25.3. The molecule has 4 N–H and O–H groups in total. The molecule has 11 heteroatoms. The predicted octanol–water partition coefficient (Wildman–Crippen LogP) is 4.29. The van der Waals surface area contributed by atoms with Gasteiger partial charge >= 0.3 is 0 Å². The molecule has 198 valence electrons. The Bertz CT molecular complexity index is 1810. The van der Waals surface area contributed by atoms with Crippen LogP contribution in [-0.2, 0) is 22.5 Å². The van der Waals surface area contributed by atoms with E-state index >= 15 is 0 Å². The molecule has 0 unspecified atom stereocenters. The van der Waals surface area contributed by atoms with Gasteiger partial charge in [-0.05, 0) is 41.5 Å². The third-order valence-corrected chi connectivity index (χ3v) is 7.91. The molecule has 0 fully saturated rings. The Morgan fingerprint density at radius 3 is 2.52 bits per heavy atom. The SMILES string of the molecule is N#CC1=C(N)Nc2nc(SCc3cccc(F)c3)[nH]c(=O)c2[C@]12C(=O)N(Cc1ccc(F)cc1)c1ccccc12. The molecule has 1 atom stereocenters. The van der Waals surface area contributed by atoms with Crippen LogP contribution in [0.15, 0.2) is 94.1 Å². The molecule has 2 aliphatic rings. The van der Waals surface area contributed by atoms with Crippen molar-refractivity contribution in [1.82, 2.24) is 9.97 Å². The van der Waals surface area contributed by atoms with Gasteiger partial charge in [0.05, 0.1) is 17.7 Å². The molecule has 8 nitrogen and oxygen atoms in total. The topological polar surface area (TPSA) is 128 Å². The van der Waals surface area contributed by atoms with Crippen molar-refractivity contribution in [3.05, 3.63) is 128 Å². The molecule has 1 spiro atoms. The molecule has 3 aromatic carbocycles. The van der Waals surface area contributed by atoms with E-state index in [9.17, 15) is 23.6 Å². The molecular formula is C29H20F2N6O2S. The number of hydrogen-bond donors (Lipinski definition) is 3. The maximum Gasteiger partial charge on any atom is 0.258 e. The zero-order valence-electron chi connectivity index (χ0n) is 20.7. The second kappa shape index (κ2) is 9.66. The predicted molar refractivity (Wildman–Crippen MR) is 146 cm³/mol. The van der Waals surface area contributed by atoms with Gasteiger partial charge < -0.3 is 20.9 Å². The van der Waals surface area contributed by atoms with Gasteiger partial charge in [0.1, 0.15) is 34.8 Å². The van der Waals surface area contributed by atoms with E-state index in [1.54, 1.807) is 48.5 Å². The van der Waals surface area contributed by atoms with Crippen molar-refractivity contribution in [2.24, 2.45) is 5.73 Å². The summed E-state index contributed by atoms with van der Waals surface area (Å²) in [5.74, 6) is -1.06. The Balaban J connectivity index is 1.48. The number of nitriles is 1. The second-order valence-corrected chi connectivity index (χ2v) is 10.3. The fourth-order valence-corrected chi connectivity index (χ4v) is 6.07. The van der Waals surface area contributed by atoms with Crippen LogP contribution < -0.4 is 21.5 Å². The van der Waals surface area contributed by atoms with Crippen molar-refractivity contribution >= 4 is 29.2 Å². The number of hydrogen-bond acceptors (Lipinski definition) is 7. The molecule has 0 saturated carbocycles. The molecule has 3 heterocycles. The standard InChI is InChI=1S/C29H20F2N6O2S/c30-18-10-8-16(9-11-18)14-37-22-7-2-1-6-20(22)29(27(37)39)21(13-32)24(33)34-25-23(29)26(38)36-28(35-25)40-15-17-4-3-5-19(31)12-17/h1-12H,14-15,33H2,(H2,34,35,36,38)/t29-/m1/s1. The summed E-state index contributed by atoms with van der Waals surface area (Å²) in [5, 5.41) is 13.3. The number of anilines is 2. The van der Waals surface area contributed by atoms with Crippen LogP contribution in [0.2, 0.25) is 0 Å². The molecule has 1 aromatic heterocycles. The summed E-state index contributed by atoms with van der Waals surface area (Å²) < 4.78 is 27.2. The Labute approximate surface area is 231 Å². The maximum absolute atomic E-state index is 14.4. The van der Waals surface area contributed by atoms with Gasteiger partial charge in [0.2, 0.25) is 5.91 Å². The zero-order chi connectivity index (χ0) is 28.0. The van der Waals surface area contributed by atoms with Crippen LogP contribution in [0.5, 0.6) is 0 Å². The Hall–Kier alpha value is -4.95. The molecule has 0 saturated heterocycles. The molecule has 6 rings (SSSR count). The number of H-pyrrole nitrogens is 1. The monoisotopic (exact) mass is 554 g/mol. The number of benzene rings is 3. The lowest BCUT2D eigenvalue weighted by Gasteiger charge is -2.34. The fourth-order valence-electron chi connectivity index (χ4n) is 5.26. The fraction of sp³-hybridized carbons (Fsp3) is 0.103. The summed E-state index contributed by atoms with van der Waals surface area (Å²) in [5.41, 5.74) is 5.93. The number of carbonyl (C=O) groups excluding carboxylic acids is 1. The Kier molecular flexibility index (Phi) is 6.12. The van der Waals surface area contributed by atoms with Gasteiger partial charge in [-0.1, -0.05) is 54.2 Å². The normalized spacial score (nSPS) is 17.4. The molecule has 1 amide bonds. The number of thioether (sulfide) groups is 1. The van der Waals surface area contributed by atoms with E-state index in [1.165, 1.54) is 40.9 Å². The van der Waals surface area contributed by atoms with Crippen LogP contribution in [0.4, 0.5) is 20.3 Å². The molecular weight excluding hydrogens is 534 g/mol. The highest BCUT2D eigenvalue weighted by Crippen LogP contribution is 2.53. The lowest BCUT2D eigenvalue weighted by molar-refractivity contribution is -0.120. The minimum absolute atomic E-state index is 0.0487. The highest BCUT2D eigenvalue weighted by atomic mass is 32.2. The van der Waals surface area contributed by atoms with E-state index in [4.69, 9.17) is 5.73 Å². The maximum atomic E-state index is 14.4. The van der Waals surface area contributed by atoms with E-state index in [0.29, 0.717) is 28.1 Å². The highest BCUT2D eigenvalue weighted by Gasteiger charge is 2.60. The van der Waals surface area contributed by atoms with Crippen molar-refractivity contribution < 1.29 is 13.6 Å². The summed E-state index contributed by atoms with van der Waals surface area (Å²) in [4.78, 5) is 36.9. The van der Waals surface area contributed by atoms with Crippen molar-refractivity contribution in [2.45, 2.75) is 22.9 Å². The van der Waals surface area contributed by atoms with E-state index in [0.717, 1.165) is 0 Å². The quantitative estimate of drug-likeness (QED) is 0.248. The smallest absolute Gasteiger partial charge is 0.258 e. The summed E-state index contributed by atoms with van der Waals surface area (Å²) in [6.07, 6.45) is 0. The summed E-state index contributed by atoms with van der Waals surface area (Å²) in [6, 6.07) is 20.7. The summed E-state index contributed by atoms with van der Waals surface area (Å²) in [7, 11) is 0. The van der Waals surface area contributed by atoms with Gasteiger partial charge in [-0.3, -0.25) is 9.59 Å². The minimum atomic E-state index is -1.84. The van der Waals surface area contributed by atoms with Crippen molar-refractivity contribution in [1.29, 1.82) is 5.26 Å². The lowest BCUT2D eigenvalue weighted by Crippen LogP contribution is -2.49. The lowest BCUT2D eigenvalue weighted by atomic mass is 9.69. The Morgan fingerprint density at radius 2 is 1.77 bits per heavy atom. The largest absolute Gasteiger partial charge is 0.384 e. The van der Waals surface area contributed by atoms with Gasteiger partial charge in [0, 0.05) is 17.0 Å². The molecule has 0 radical (unpaired) electrons. The van der Waals surface area contributed by atoms with Crippen LogP contribution in [0.1, 0.15) is 22.3 Å². The van der Waals surface area contributed by atoms with E-state index in [-0.39, 0.29) is 40.3 Å². The van der Waals surface area contributed by atoms with Crippen LogP contribution in [0.3, 0.4) is 0 Å². The molecule has 0 bridgehead atoms. The highest BCUT2D eigenvalue weighted by molar-refractivity contribution is 7.98. The van der Waals surface area contributed by atoms with E-state index in [1.807, 2.05) is 0 Å². The number of nitrogens with zero attached hydrogens (tertiary/aromatic N) is 3. The molecule has 2 aliphatic heterocycles. The molecule has 0 aliphatic carbocycles. The van der Waals surface area contributed by atoms with Crippen LogP contribution in [0, 0.1) is 23.0 Å². The van der Waals surface area contributed by atoms with E-state index < -0.39 is 22.7 Å². The van der Waals surface area contributed by atoms with Gasteiger partial charge in [-0.15, -0.1) is 0 Å². The number of halogens is 2. The van der Waals surface area contributed by atoms with Gasteiger partial charge in [-0.2, -0.15) is 5.26 Å². The number of carbonyl (C=O) groups is 1. The second-order valence-electron chi connectivity index (χ2n) is 9.32. The number of fused-ring (bicyclic) bond motifs is 4. The minimum Gasteiger partial charge on any atom is -0.384 e. The number of amides is 1. The number of aromatic nitrogens is 2. The Morgan fingerprint density at radius 1 is 1.00 bits per heavy atom. The van der Waals surface area contributed by atoms with Gasteiger partial charge in [-0.25, -0.2) is 13.8 Å². The van der Waals surface area contributed by atoms with Crippen molar-refractivity contribution in [3.63, 3.8) is 0 Å². The van der Waals surface area contributed by atoms with E-state index in [2.05, 4.69) is 21.4 Å². The first-order chi connectivity index (χ1) is 19.3. The average molecular weight is 555 g/mol. The first-order valence-electron chi connectivity index (χ1n) is 12.2. The number of nitrogens with one attached hydrogen (secondary N) is 2. The number of para-hydroxylation sites is 1. The average Bonchev–Trinajstić information content (AvgIpc) is 3.16. The number of nitrogens with two attached hydrogens (primary N) is 1. The zero-order valence-corrected chi connectivity index (χ0v) is 21.6. The summed E-state index contributed by atoms with van der Waals surface area (Å²) in [6.45, 7) is 0.0756. The third-order valence-electron chi connectivity index (χ3n) is 6.97. The van der Waals surface area contributed by atoms with Gasteiger partial charge in [0.15, 0.2) is 5.16 Å². The summed E-state index contributed by atoms with van der Waals surface area (Å²) >= 11 is 1.18. The van der Waals surface area contributed by atoms with Crippen LogP contribution >= 0.6 is 11.8 Å². The van der Waals surface area contributed by atoms with Crippen molar-refractivity contribution in [2.75, 3.05) is 10.2 Å². The van der Waals surface area contributed by atoms with Crippen LogP contribution in [-0.4, -0.2) is 15.9 Å². The number of rotatable bonds is 5. The van der Waals surface area contributed by atoms with Crippen molar-refractivity contribution in [3.8, 4) is 6.07 Å². The van der Waals surface area contributed by atoms with Crippen LogP contribution in [0.25, 0.3) is 0 Å². The third kappa shape index (κ3) is 3.92. The molecule has 4 aromatic rings.